The van der Waals surface area contributed by atoms with Crippen molar-refractivity contribution in [1.29, 1.82) is 0 Å². The Morgan fingerprint density at radius 1 is 0.679 bits per heavy atom. The Kier molecular flexibility index (Phi) is 5.59. The van der Waals surface area contributed by atoms with Crippen molar-refractivity contribution >= 4 is 33.1 Å². The van der Waals surface area contributed by atoms with Crippen LogP contribution in [-0.4, -0.2) is 20.6 Å². The van der Waals surface area contributed by atoms with Crippen molar-refractivity contribution in [3.63, 3.8) is 0 Å². The molecule has 0 saturated heterocycles. The lowest BCUT2D eigenvalue weighted by Crippen LogP contribution is -1.92. The van der Waals surface area contributed by atoms with E-state index in [1.807, 2.05) is 30.3 Å². The van der Waals surface area contributed by atoms with Crippen LogP contribution in [-0.2, 0) is 12.3 Å². The number of aromatic nitrogens is 4. The zero-order valence-corrected chi connectivity index (χ0v) is 16.0. The smallest absolute Gasteiger partial charge is 0.177 e. The van der Waals surface area contributed by atoms with Crippen LogP contribution in [0.5, 0.6) is 0 Å². The molecule has 0 amide bonds. The molecule has 4 aromatic carbocycles. The minimum absolute atomic E-state index is 0.585. The summed E-state index contributed by atoms with van der Waals surface area (Å²) in [6, 6.07) is 29.1. The Bertz CT molecular complexity index is 1180. The topological polar surface area (TPSA) is 54.5 Å². The number of tetrazole rings is 1. The van der Waals surface area contributed by atoms with Crippen molar-refractivity contribution in [2.75, 3.05) is 0 Å². The third-order valence-corrected chi connectivity index (χ3v) is 4.93. The van der Waals surface area contributed by atoms with E-state index in [1.54, 1.807) is 0 Å². The van der Waals surface area contributed by atoms with E-state index in [9.17, 15) is 0 Å². The fraction of sp³-hybridized carbons (Fsp3) is 0.0870. The molecular formula is C23H19ClN4. The maximum absolute atomic E-state index is 5.81. The Labute approximate surface area is 168 Å². The van der Waals surface area contributed by atoms with Crippen molar-refractivity contribution in [2.24, 2.45) is 0 Å². The van der Waals surface area contributed by atoms with E-state index in [2.05, 4.69) is 75.2 Å². The van der Waals surface area contributed by atoms with Crippen molar-refractivity contribution in [3.05, 3.63) is 102 Å². The van der Waals surface area contributed by atoms with Crippen LogP contribution in [0, 0.1) is 0 Å². The monoisotopic (exact) mass is 386 g/mol. The van der Waals surface area contributed by atoms with Crippen LogP contribution in [0.4, 0.5) is 0 Å². The number of aromatic amines is 1. The van der Waals surface area contributed by atoms with Crippen molar-refractivity contribution < 1.29 is 0 Å². The fourth-order valence-corrected chi connectivity index (χ4v) is 3.52. The van der Waals surface area contributed by atoms with E-state index in [4.69, 9.17) is 11.6 Å². The number of hydrogen-bond acceptors (Lipinski definition) is 3. The number of rotatable bonds is 3. The van der Waals surface area contributed by atoms with Crippen LogP contribution in [0.25, 0.3) is 21.5 Å². The Hall–Kier alpha value is -3.24. The fourth-order valence-electron chi connectivity index (χ4n) is 3.28. The summed E-state index contributed by atoms with van der Waals surface area (Å²) >= 11 is 5.81. The van der Waals surface area contributed by atoms with E-state index in [-0.39, 0.29) is 0 Å². The molecule has 0 aliphatic rings. The van der Waals surface area contributed by atoms with E-state index in [1.165, 1.54) is 32.7 Å². The molecule has 0 saturated carbocycles. The zero-order valence-electron chi connectivity index (χ0n) is 15.2. The molecule has 0 bridgehead atoms. The molecular weight excluding hydrogens is 368 g/mol. The summed E-state index contributed by atoms with van der Waals surface area (Å²) < 4.78 is 0. The molecule has 1 aromatic heterocycles. The van der Waals surface area contributed by atoms with E-state index in [0.29, 0.717) is 12.3 Å². The van der Waals surface area contributed by atoms with E-state index in [0.717, 1.165) is 5.82 Å². The van der Waals surface area contributed by atoms with Crippen LogP contribution in [0.15, 0.2) is 84.9 Å². The van der Waals surface area contributed by atoms with Gasteiger partial charge in [-0.2, -0.15) is 5.21 Å². The van der Waals surface area contributed by atoms with Gasteiger partial charge in [-0.3, -0.25) is 0 Å². The second kappa shape index (κ2) is 8.63. The van der Waals surface area contributed by atoms with Gasteiger partial charge in [0.1, 0.15) is 0 Å². The Balaban J connectivity index is 0.000000143. The minimum Gasteiger partial charge on any atom is -0.177 e. The number of hydrogen-bond donors (Lipinski definition) is 1. The zero-order chi connectivity index (χ0) is 19.2. The molecule has 1 heterocycles. The first kappa shape index (κ1) is 18.1. The number of H-pyrrole nitrogens is 1. The van der Waals surface area contributed by atoms with Gasteiger partial charge in [-0.1, -0.05) is 90.1 Å². The van der Waals surface area contributed by atoms with Crippen LogP contribution < -0.4 is 0 Å². The standard InChI is InChI=1S/C12H10N4.C11H9Cl/c1-2-7-11-9(4-1)5-3-6-10(11)8-12-13-15-16-14-12;12-8-10-6-3-5-9-4-1-2-7-11(9)10/h1-7H,8H2,(H,13,14,15,16);1-7H,8H2. The maximum atomic E-state index is 5.81. The molecule has 138 valence electrons. The quantitative estimate of drug-likeness (QED) is 0.415. The Morgan fingerprint density at radius 2 is 1.25 bits per heavy atom. The van der Waals surface area contributed by atoms with Gasteiger partial charge in [0.25, 0.3) is 0 Å². The maximum Gasteiger partial charge on any atom is 0.178 e. The predicted octanol–water partition coefficient (Wildman–Crippen LogP) is 5.52. The summed E-state index contributed by atoms with van der Waals surface area (Å²) in [4.78, 5) is 0. The molecule has 5 rings (SSSR count). The van der Waals surface area contributed by atoms with Gasteiger partial charge in [-0.05, 0) is 32.7 Å². The van der Waals surface area contributed by atoms with Crippen molar-refractivity contribution in [2.45, 2.75) is 12.3 Å². The van der Waals surface area contributed by atoms with Gasteiger partial charge in [0, 0.05) is 12.3 Å². The third kappa shape index (κ3) is 4.02. The summed E-state index contributed by atoms with van der Waals surface area (Å²) in [5, 5.41) is 19.0. The summed E-state index contributed by atoms with van der Waals surface area (Å²) in [7, 11) is 0. The first-order chi connectivity index (χ1) is 13.8. The molecule has 5 aromatic rings. The van der Waals surface area contributed by atoms with Gasteiger partial charge < -0.3 is 0 Å². The molecule has 5 heteroatoms. The summed E-state index contributed by atoms with van der Waals surface area (Å²) in [5.41, 5.74) is 2.43. The number of fused-ring (bicyclic) bond motifs is 2. The molecule has 0 atom stereocenters. The molecule has 1 N–H and O–H groups in total. The summed E-state index contributed by atoms with van der Waals surface area (Å²) in [6.07, 6.45) is 0.706. The van der Waals surface area contributed by atoms with Gasteiger partial charge in [-0.15, -0.1) is 21.8 Å². The molecule has 4 nitrogen and oxygen atoms in total. The van der Waals surface area contributed by atoms with Gasteiger partial charge in [0.05, 0.1) is 0 Å². The van der Waals surface area contributed by atoms with Crippen LogP contribution >= 0.6 is 11.6 Å². The minimum atomic E-state index is 0.585. The van der Waals surface area contributed by atoms with Gasteiger partial charge in [0.2, 0.25) is 0 Å². The largest absolute Gasteiger partial charge is 0.178 e. The second-order valence-corrected chi connectivity index (χ2v) is 6.68. The highest BCUT2D eigenvalue weighted by Gasteiger charge is 2.04. The number of halogens is 1. The highest BCUT2D eigenvalue weighted by atomic mass is 35.5. The van der Waals surface area contributed by atoms with E-state index < -0.39 is 0 Å². The average molecular weight is 387 g/mol. The summed E-state index contributed by atoms with van der Waals surface area (Å²) in [5.74, 6) is 1.30. The Morgan fingerprint density at radius 3 is 1.86 bits per heavy atom. The average Bonchev–Trinajstić information content (AvgIpc) is 3.27. The SMILES string of the molecule is ClCc1cccc2ccccc12.c1ccc2c(Cc3nn[nH]n3)cccc2c1. The molecule has 0 fully saturated rings. The predicted molar refractivity (Wildman–Crippen MR) is 114 cm³/mol. The molecule has 0 spiro atoms. The van der Waals surface area contributed by atoms with Crippen LogP contribution in [0.1, 0.15) is 17.0 Å². The number of nitrogens with one attached hydrogen (secondary N) is 1. The lowest BCUT2D eigenvalue weighted by atomic mass is 10.0. The number of benzene rings is 4. The highest BCUT2D eigenvalue weighted by molar-refractivity contribution is 6.18. The summed E-state index contributed by atoms with van der Waals surface area (Å²) in [6.45, 7) is 0. The third-order valence-electron chi connectivity index (χ3n) is 4.64. The lowest BCUT2D eigenvalue weighted by Gasteiger charge is -2.03. The molecule has 0 unspecified atom stereocenters. The molecule has 0 aliphatic carbocycles. The van der Waals surface area contributed by atoms with Crippen molar-refractivity contribution in [3.8, 4) is 0 Å². The lowest BCUT2D eigenvalue weighted by molar-refractivity contribution is 0.881. The van der Waals surface area contributed by atoms with Crippen molar-refractivity contribution in [1.82, 2.24) is 20.6 Å². The normalized spacial score (nSPS) is 10.6. The number of alkyl halides is 1. The van der Waals surface area contributed by atoms with Gasteiger partial charge in [-0.25, -0.2) is 0 Å². The van der Waals surface area contributed by atoms with Gasteiger partial charge in [0.15, 0.2) is 5.82 Å². The second-order valence-electron chi connectivity index (χ2n) is 6.41. The highest BCUT2D eigenvalue weighted by Crippen LogP contribution is 2.20. The van der Waals surface area contributed by atoms with Crippen LogP contribution in [0.3, 0.4) is 0 Å². The molecule has 28 heavy (non-hydrogen) atoms. The number of nitrogens with zero attached hydrogens (tertiary/aromatic N) is 3. The molecule has 0 radical (unpaired) electrons. The van der Waals surface area contributed by atoms with E-state index >= 15 is 0 Å². The first-order valence-electron chi connectivity index (χ1n) is 9.07. The van der Waals surface area contributed by atoms with Gasteiger partial charge >= 0.3 is 0 Å². The first-order valence-corrected chi connectivity index (χ1v) is 9.60. The van der Waals surface area contributed by atoms with Crippen LogP contribution in [0.2, 0.25) is 0 Å². The molecule has 0 aliphatic heterocycles.